The lowest BCUT2D eigenvalue weighted by atomic mass is 10.1. The first-order valence-corrected chi connectivity index (χ1v) is 12.1. The van der Waals surface area contributed by atoms with E-state index < -0.39 is 0 Å². The van der Waals surface area contributed by atoms with Gasteiger partial charge in [-0.15, -0.1) is 0 Å². The van der Waals surface area contributed by atoms with E-state index in [2.05, 4.69) is 26.1 Å². The van der Waals surface area contributed by atoms with Gasteiger partial charge < -0.3 is 5.11 Å². The van der Waals surface area contributed by atoms with Crippen molar-refractivity contribution in [3.63, 3.8) is 0 Å². The highest BCUT2D eigenvalue weighted by molar-refractivity contribution is 7.12. The smallest absolute Gasteiger partial charge is 0.268 e. The summed E-state index contributed by atoms with van der Waals surface area (Å²) in [5.74, 6) is 0.952. The number of benzene rings is 2. The van der Waals surface area contributed by atoms with E-state index in [1.165, 1.54) is 17.9 Å². The molecule has 2 aromatic carbocycles. The summed E-state index contributed by atoms with van der Waals surface area (Å²) in [5, 5.41) is 16.0. The second-order valence-corrected chi connectivity index (χ2v) is 9.27. The molecule has 0 bridgehead atoms. The lowest BCUT2D eigenvalue weighted by Gasteiger charge is -2.15. The van der Waals surface area contributed by atoms with Crippen molar-refractivity contribution in [2.24, 2.45) is 4.99 Å². The van der Waals surface area contributed by atoms with Crippen LogP contribution in [-0.2, 0) is 6.54 Å². The van der Waals surface area contributed by atoms with Crippen molar-refractivity contribution in [1.82, 2.24) is 33.7 Å². The average molecular weight is 509 g/mol. The molecule has 0 saturated carbocycles. The van der Waals surface area contributed by atoms with Gasteiger partial charge in [0.1, 0.15) is 35.5 Å². The average Bonchev–Trinajstić information content (AvgIpc) is 3.45. The van der Waals surface area contributed by atoms with Crippen molar-refractivity contribution >= 4 is 45.3 Å². The van der Waals surface area contributed by atoms with E-state index in [0.29, 0.717) is 49.8 Å². The summed E-state index contributed by atoms with van der Waals surface area (Å²) in [6, 6.07) is 14.4. The van der Waals surface area contributed by atoms with Crippen LogP contribution in [0.4, 0.5) is 5.82 Å². The monoisotopic (exact) mass is 508 g/mol. The number of aryl methyl sites for hydroxylation is 2. The van der Waals surface area contributed by atoms with Gasteiger partial charge in [-0.25, -0.2) is 24.6 Å². The molecule has 37 heavy (non-hydrogen) atoms. The Morgan fingerprint density at radius 1 is 1.08 bits per heavy atom. The first-order valence-electron chi connectivity index (χ1n) is 11.4. The summed E-state index contributed by atoms with van der Waals surface area (Å²) in [4.78, 5) is 32.0. The molecule has 0 unspecified atom stereocenters. The number of nitrogens with zero attached hydrogens (tertiary/aromatic N) is 8. The predicted octanol–water partition coefficient (Wildman–Crippen LogP) is 4.35. The number of hydrogen-bond acceptors (Lipinski definition) is 9. The minimum absolute atomic E-state index is 0.103. The van der Waals surface area contributed by atoms with E-state index in [1.54, 1.807) is 27.4 Å². The number of aromatic nitrogens is 7. The Kier molecular flexibility index (Phi) is 5.34. The number of para-hydroxylation sites is 1. The fourth-order valence-corrected chi connectivity index (χ4v) is 5.24. The molecule has 182 valence electrons. The van der Waals surface area contributed by atoms with Gasteiger partial charge in [-0.3, -0.25) is 9.36 Å². The van der Waals surface area contributed by atoms with Gasteiger partial charge in [0.05, 0.1) is 16.8 Å². The molecular weight excluding hydrogens is 488 g/mol. The minimum Gasteiger partial charge on any atom is -0.508 e. The van der Waals surface area contributed by atoms with Gasteiger partial charge in [-0.05, 0) is 55.9 Å². The molecule has 0 aliphatic rings. The van der Waals surface area contributed by atoms with E-state index in [1.807, 2.05) is 44.2 Å². The van der Waals surface area contributed by atoms with E-state index in [-0.39, 0.29) is 17.9 Å². The molecule has 6 rings (SSSR count). The van der Waals surface area contributed by atoms with Crippen molar-refractivity contribution in [2.75, 3.05) is 0 Å². The molecule has 0 amide bonds. The van der Waals surface area contributed by atoms with Crippen LogP contribution in [0.1, 0.15) is 17.1 Å². The molecule has 4 heterocycles. The van der Waals surface area contributed by atoms with Crippen molar-refractivity contribution in [3.8, 4) is 22.7 Å². The second-order valence-electron chi connectivity index (χ2n) is 8.51. The fraction of sp³-hybridized carbons (Fsp3) is 0.115. The number of aliphatic imine (C=N–C) groups is 1. The highest BCUT2D eigenvalue weighted by atomic mass is 32.1. The van der Waals surface area contributed by atoms with Gasteiger partial charge in [-0.2, -0.15) is 9.47 Å². The standard InChI is InChI=1S/C26H20N8O2S/c1-14-7-4-5-10-18(14)34-19(30-25-20(26(34)36)15(2)32-37-25)12-33-24-21(23(27-3)28-13-29-24)22(31-33)16-8-6-9-17(35)11-16/h4-11,13,35H,3,12H2,1-2H3. The summed E-state index contributed by atoms with van der Waals surface area (Å²) >= 11 is 1.19. The molecule has 0 radical (unpaired) electrons. The highest BCUT2D eigenvalue weighted by Crippen LogP contribution is 2.34. The lowest BCUT2D eigenvalue weighted by molar-refractivity contribution is 0.475. The van der Waals surface area contributed by atoms with Crippen molar-refractivity contribution in [2.45, 2.75) is 20.4 Å². The maximum Gasteiger partial charge on any atom is 0.268 e. The van der Waals surface area contributed by atoms with Gasteiger partial charge in [0.25, 0.3) is 5.56 Å². The molecule has 0 spiro atoms. The van der Waals surface area contributed by atoms with E-state index >= 15 is 0 Å². The van der Waals surface area contributed by atoms with Crippen LogP contribution in [0.25, 0.3) is 38.2 Å². The zero-order valence-electron chi connectivity index (χ0n) is 20.0. The van der Waals surface area contributed by atoms with Crippen LogP contribution >= 0.6 is 11.5 Å². The molecule has 1 N–H and O–H groups in total. The topological polar surface area (TPSA) is 124 Å². The predicted molar refractivity (Wildman–Crippen MR) is 143 cm³/mol. The van der Waals surface area contributed by atoms with Gasteiger partial charge >= 0.3 is 0 Å². The normalized spacial score (nSPS) is 11.4. The Morgan fingerprint density at radius 3 is 2.70 bits per heavy atom. The largest absolute Gasteiger partial charge is 0.508 e. The molecule has 0 aliphatic carbocycles. The van der Waals surface area contributed by atoms with Crippen LogP contribution < -0.4 is 5.56 Å². The summed E-state index contributed by atoms with van der Waals surface area (Å²) in [6.45, 7) is 7.55. The first kappa shape index (κ1) is 22.7. The Bertz CT molecular complexity index is 1900. The molecule has 11 heteroatoms. The summed E-state index contributed by atoms with van der Waals surface area (Å²) in [7, 11) is 0. The number of hydrogen-bond donors (Lipinski definition) is 1. The maximum atomic E-state index is 13.8. The molecule has 10 nitrogen and oxygen atoms in total. The second kappa shape index (κ2) is 8.71. The Hall–Kier alpha value is -4.77. The van der Waals surface area contributed by atoms with Gasteiger partial charge in [0, 0.05) is 5.56 Å². The SMILES string of the molecule is C=Nc1ncnc2c1c(-c1cccc(O)c1)nn2Cc1nc2snc(C)c2c(=O)n1-c1ccccc1C. The van der Waals surface area contributed by atoms with E-state index in [4.69, 9.17) is 10.1 Å². The minimum atomic E-state index is -0.187. The molecule has 0 fully saturated rings. The molecule has 4 aromatic heterocycles. The third kappa shape index (κ3) is 3.67. The number of phenols is 1. The molecule has 0 saturated heterocycles. The Balaban J connectivity index is 1.63. The van der Waals surface area contributed by atoms with Crippen molar-refractivity contribution in [1.29, 1.82) is 0 Å². The summed E-state index contributed by atoms with van der Waals surface area (Å²) in [5.41, 5.74) is 3.83. The van der Waals surface area contributed by atoms with Crippen molar-refractivity contribution in [3.05, 3.63) is 82.3 Å². The van der Waals surface area contributed by atoms with E-state index in [9.17, 15) is 9.90 Å². The lowest BCUT2D eigenvalue weighted by Crippen LogP contribution is -2.26. The van der Waals surface area contributed by atoms with Crippen LogP contribution in [0.15, 0.2) is 64.6 Å². The van der Waals surface area contributed by atoms with Gasteiger partial charge in [-0.1, -0.05) is 30.3 Å². The Labute approximate surface area is 214 Å². The zero-order chi connectivity index (χ0) is 25.7. The van der Waals surface area contributed by atoms with Crippen LogP contribution in [-0.4, -0.2) is 45.5 Å². The number of fused-ring (bicyclic) bond motifs is 2. The molecule has 6 aromatic rings. The molecule has 0 atom stereocenters. The third-order valence-electron chi connectivity index (χ3n) is 6.18. The van der Waals surface area contributed by atoms with Crippen LogP contribution in [0, 0.1) is 13.8 Å². The summed E-state index contributed by atoms with van der Waals surface area (Å²) in [6.07, 6.45) is 1.40. The molecule has 0 aliphatic heterocycles. The van der Waals surface area contributed by atoms with Crippen molar-refractivity contribution < 1.29 is 5.11 Å². The fourth-order valence-electron chi connectivity index (χ4n) is 4.46. The maximum absolute atomic E-state index is 13.8. The van der Waals surface area contributed by atoms with Gasteiger partial charge in [0.2, 0.25) is 0 Å². The summed E-state index contributed by atoms with van der Waals surface area (Å²) < 4.78 is 7.65. The molecular formula is C26H20N8O2S. The number of aromatic hydroxyl groups is 1. The number of rotatable bonds is 5. The van der Waals surface area contributed by atoms with E-state index in [0.717, 1.165) is 11.3 Å². The Morgan fingerprint density at radius 2 is 1.92 bits per heavy atom. The van der Waals surface area contributed by atoms with Crippen LogP contribution in [0.3, 0.4) is 0 Å². The zero-order valence-corrected chi connectivity index (χ0v) is 20.8. The quantitative estimate of drug-likeness (QED) is 0.343. The van der Waals surface area contributed by atoms with Crippen LogP contribution in [0.5, 0.6) is 5.75 Å². The highest BCUT2D eigenvalue weighted by Gasteiger charge is 2.22. The third-order valence-corrected chi connectivity index (χ3v) is 7.01. The first-order chi connectivity index (χ1) is 18.0. The van der Waals surface area contributed by atoms with Gasteiger partial charge in [0.15, 0.2) is 16.3 Å². The number of phenolic OH excluding ortho intramolecular Hbond substituents is 1. The van der Waals surface area contributed by atoms with Crippen LogP contribution in [0.2, 0.25) is 0 Å².